The monoisotopic (exact) mass is 549 g/mol. The van der Waals surface area contributed by atoms with Crippen LogP contribution in [-0.2, 0) is 0 Å². The standard InChI is InChI=1S/C40H27N3/c1-2-13-30-28(11-1)29-12-3-5-15-32(29)39-33-16-6-4-14-31(33)34(25-35(30)39)26-20-22-27(23-21-26)40-42-36-17-7-8-18-37(36)43(40)38-19-9-10-24-41-38/h1-25,28,30H. The highest BCUT2D eigenvalue weighted by atomic mass is 15.1. The Hall–Kier alpha value is -5.54. The van der Waals surface area contributed by atoms with Crippen LogP contribution in [0, 0.1) is 0 Å². The van der Waals surface area contributed by atoms with Crippen LogP contribution in [0.25, 0.3) is 61.3 Å². The van der Waals surface area contributed by atoms with Gasteiger partial charge in [0.1, 0.15) is 11.6 Å². The summed E-state index contributed by atoms with van der Waals surface area (Å²) >= 11 is 0. The third-order valence-electron chi connectivity index (χ3n) is 9.05. The van der Waals surface area contributed by atoms with Crippen molar-refractivity contribution in [1.82, 2.24) is 14.5 Å². The first kappa shape index (κ1) is 24.1. The molecule has 3 heteroatoms. The lowest BCUT2D eigenvalue weighted by atomic mass is 9.68. The predicted octanol–water partition coefficient (Wildman–Crippen LogP) is 9.88. The Morgan fingerprint density at radius 3 is 2.09 bits per heavy atom. The van der Waals surface area contributed by atoms with Crippen molar-refractivity contribution in [3.8, 4) is 39.5 Å². The van der Waals surface area contributed by atoms with Crippen LogP contribution in [0.2, 0.25) is 0 Å². The maximum atomic E-state index is 5.04. The zero-order chi connectivity index (χ0) is 28.3. The summed E-state index contributed by atoms with van der Waals surface area (Å²) in [5.74, 6) is 2.42. The maximum Gasteiger partial charge on any atom is 0.146 e. The third-order valence-corrected chi connectivity index (χ3v) is 9.05. The molecule has 2 atom stereocenters. The maximum absolute atomic E-state index is 5.04. The quantitative estimate of drug-likeness (QED) is 0.220. The van der Waals surface area contributed by atoms with Gasteiger partial charge in [-0.1, -0.05) is 115 Å². The minimum Gasteiger partial charge on any atom is -0.276 e. The van der Waals surface area contributed by atoms with Crippen LogP contribution in [0.1, 0.15) is 23.0 Å². The van der Waals surface area contributed by atoms with Crippen molar-refractivity contribution >= 4 is 21.8 Å². The second-order valence-corrected chi connectivity index (χ2v) is 11.4. The molecule has 0 amide bonds. The van der Waals surface area contributed by atoms with Crippen molar-refractivity contribution in [1.29, 1.82) is 0 Å². The van der Waals surface area contributed by atoms with Crippen LogP contribution in [0.15, 0.2) is 152 Å². The van der Waals surface area contributed by atoms with Gasteiger partial charge in [-0.05, 0) is 74.5 Å². The fourth-order valence-electron chi connectivity index (χ4n) is 7.15. The molecular weight excluding hydrogens is 522 g/mol. The Morgan fingerprint density at radius 2 is 1.26 bits per heavy atom. The van der Waals surface area contributed by atoms with Crippen molar-refractivity contribution in [2.45, 2.75) is 11.8 Å². The van der Waals surface area contributed by atoms with Gasteiger partial charge in [-0.3, -0.25) is 4.57 Å². The molecule has 0 spiro atoms. The SMILES string of the molecule is C1=CC2c3ccccc3-c3c(cc(-c4ccc(-c5nc6ccccc6n5-c5ccccn5)cc4)c4ccccc34)C2C=C1. The molecule has 2 heterocycles. The van der Waals surface area contributed by atoms with Crippen LogP contribution < -0.4 is 0 Å². The second-order valence-electron chi connectivity index (χ2n) is 11.4. The van der Waals surface area contributed by atoms with Crippen LogP contribution in [0.5, 0.6) is 0 Å². The summed E-state index contributed by atoms with van der Waals surface area (Å²) in [4.78, 5) is 9.70. The van der Waals surface area contributed by atoms with E-state index in [0.717, 1.165) is 28.2 Å². The molecule has 202 valence electrons. The van der Waals surface area contributed by atoms with Gasteiger partial charge in [0.15, 0.2) is 0 Å². The fourth-order valence-corrected chi connectivity index (χ4v) is 7.15. The van der Waals surface area contributed by atoms with Gasteiger partial charge in [-0.25, -0.2) is 9.97 Å². The summed E-state index contributed by atoms with van der Waals surface area (Å²) in [5, 5.41) is 2.59. The van der Waals surface area contributed by atoms with Gasteiger partial charge in [-0.15, -0.1) is 0 Å². The first-order valence-corrected chi connectivity index (χ1v) is 14.8. The van der Waals surface area contributed by atoms with Crippen molar-refractivity contribution in [2.75, 3.05) is 0 Å². The minimum atomic E-state index is 0.316. The number of hydrogen-bond acceptors (Lipinski definition) is 2. The van der Waals surface area contributed by atoms with E-state index in [-0.39, 0.29) is 0 Å². The van der Waals surface area contributed by atoms with Crippen molar-refractivity contribution in [3.63, 3.8) is 0 Å². The summed E-state index contributed by atoms with van der Waals surface area (Å²) < 4.78 is 2.15. The molecule has 0 radical (unpaired) electrons. The molecule has 5 aromatic carbocycles. The first-order chi connectivity index (χ1) is 21.3. The number of pyridine rings is 1. The van der Waals surface area contributed by atoms with Gasteiger partial charge >= 0.3 is 0 Å². The average Bonchev–Trinajstić information content (AvgIpc) is 3.48. The van der Waals surface area contributed by atoms with E-state index in [4.69, 9.17) is 4.98 Å². The topological polar surface area (TPSA) is 30.7 Å². The molecule has 0 bridgehead atoms. The van der Waals surface area contributed by atoms with E-state index in [9.17, 15) is 0 Å². The average molecular weight is 550 g/mol. The highest BCUT2D eigenvalue weighted by Gasteiger charge is 2.33. The molecule has 0 saturated heterocycles. The number of allylic oxidation sites excluding steroid dienone is 4. The molecule has 2 aromatic heterocycles. The van der Waals surface area contributed by atoms with Gasteiger partial charge in [0, 0.05) is 23.6 Å². The molecule has 0 aliphatic heterocycles. The minimum absolute atomic E-state index is 0.316. The van der Waals surface area contributed by atoms with E-state index >= 15 is 0 Å². The smallest absolute Gasteiger partial charge is 0.146 e. The lowest BCUT2D eigenvalue weighted by Gasteiger charge is -2.35. The van der Waals surface area contributed by atoms with Crippen LogP contribution in [0.3, 0.4) is 0 Å². The van der Waals surface area contributed by atoms with Crippen molar-refractivity contribution in [2.24, 2.45) is 0 Å². The zero-order valence-corrected chi connectivity index (χ0v) is 23.4. The zero-order valence-electron chi connectivity index (χ0n) is 23.4. The molecule has 0 saturated carbocycles. The first-order valence-electron chi connectivity index (χ1n) is 14.8. The van der Waals surface area contributed by atoms with E-state index in [1.54, 1.807) is 0 Å². The Bertz CT molecular complexity index is 2240. The van der Waals surface area contributed by atoms with Gasteiger partial charge < -0.3 is 0 Å². The molecule has 9 rings (SSSR count). The summed E-state index contributed by atoms with van der Waals surface area (Å²) in [5.41, 5.74) is 11.1. The summed E-state index contributed by atoms with van der Waals surface area (Å²) in [6, 6.07) is 43.4. The number of benzene rings is 5. The lowest BCUT2D eigenvalue weighted by Crippen LogP contribution is -2.17. The van der Waals surface area contributed by atoms with Crippen LogP contribution in [-0.4, -0.2) is 14.5 Å². The number of imidazole rings is 1. The number of aromatic nitrogens is 3. The van der Waals surface area contributed by atoms with Gasteiger partial charge in [0.25, 0.3) is 0 Å². The number of hydrogen-bond donors (Lipinski definition) is 0. The number of para-hydroxylation sites is 2. The largest absolute Gasteiger partial charge is 0.276 e. The highest BCUT2D eigenvalue weighted by molar-refractivity contribution is 6.08. The van der Waals surface area contributed by atoms with Gasteiger partial charge in [0.05, 0.1) is 11.0 Å². The van der Waals surface area contributed by atoms with Crippen LogP contribution >= 0.6 is 0 Å². The summed E-state index contributed by atoms with van der Waals surface area (Å²) in [6.07, 6.45) is 11.0. The number of fused-ring (bicyclic) bond motifs is 9. The molecule has 2 unspecified atom stereocenters. The molecule has 2 aliphatic carbocycles. The Balaban J connectivity index is 1.23. The molecule has 7 aromatic rings. The molecule has 3 nitrogen and oxygen atoms in total. The van der Waals surface area contributed by atoms with E-state index in [1.165, 1.54) is 44.2 Å². The van der Waals surface area contributed by atoms with E-state index in [0.29, 0.717) is 11.8 Å². The molecule has 2 aliphatic rings. The Kier molecular flexibility index (Phi) is 5.32. The molecule has 43 heavy (non-hydrogen) atoms. The fraction of sp³-hybridized carbons (Fsp3) is 0.0500. The number of rotatable bonds is 3. The normalized spacial score (nSPS) is 16.7. The van der Waals surface area contributed by atoms with E-state index in [2.05, 4.69) is 131 Å². The summed E-state index contributed by atoms with van der Waals surface area (Å²) in [6.45, 7) is 0. The van der Waals surface area contributed by atoms with Gasteiger partial charge in [0.2, 0.25) is 0 Å². The van der Waals surface area contributed by atoms with Crippen LogP contribution in [0.4, 0.5) is 0 Å². The van der Waals surface area contributed by atoms with Crippen molar-refractivity contribution < 1.29 is 0 Å². The highest BCUT2D eigenvalue weighted by Crippen LogP contribution is 2.53. The van der Waals surface area contributed by atoms with E-state index < -0.39 is 0 Å². The lowest BCUT2D eigenvalue weighted by molar-refractivity contribution is 0.721. The molecule has 0 fully saturated rings. The predicted molar refractivity (Wildman–Crippen MR) is 176 cm³/mol. The van der Waals surface area contributed by atoms with Crippen molar-refractivity contribution in [3.05, 3.63) is 163 Å². The Labute approximate surface area is 250 Å². The van der Waals surface area contributed by atoms with E-state index in [1.807, 2.05) is 30.5 Å². The molecule has 0 N–H and O–H groups in total. The van der Waals surface area contributed by atoms with Gasteiger partial charge in [-0.2, -0.15) is 0 Å². The molecular formula is C40H27N3. The second kappa shape index (κ2) is 9.50. The number of nitrogens with zero attached hydrogens (tertiary/aromatic N) is 3. The summed E-state index contributed by atoms with van der Waals surface area (Å²) in [7, 11) is 0. The third kappa shape index (κ3) is 3.68. The Morgan fingerprint density at radius 1 is 0.558 bits per heavy atom.